The number of benzene rings is 2. The van der Waals surface area contributed by atoms with Crippen LogP contribution in [0.25, 0.3) is 0 Å². The lowest BCUT2D eigenvalue weighted by molar-refractivity contribution is -0.0868. The SMILES string of the molecule is C[C@]12CC[C@@H]3c4ccc(O)cc4CC[C@H]3[C@@H]1CC[C@@]2(O)CSc1ccc(O)cc1. The van der Waals surface area contributed by atoms with Crippen molar-refractivity contribution >= 4 is 11.8 Å². The average molecular weight is 411 g/mol. The number of aromatic hydroxyl groups is 2. The van der Waals surface area contributed by atoms with E-state index in [9.17, 15) is 15.3 Å². The molecule has 0 aromatic heterocycles. The first-order chi connectivity index (χ1) is 13.9. The second-order valence-corrected chi connectivity index (χ2v) is 10.7. The van der Waals surface area contributed by atoms with E-state index >= 15 is 0 Å². The highest BCUT2D eigenvalue weighted by Gasteiger charge is 2.61. The van der Waals surface area contributed by atoms with Crippen molar-refractivity contribution in [3.8, 4) is 11.5 Å². The summed E-state index contributed by atoms with van der Waals surface area (Å²) in [6.45, 7) is 2.34. The van der Waals surface area contributed by atoms with Gasteiger partial charge in [0.1, 0.15) is 11.5 Å². The monoisotopic (exact) mass is 410 g/mol. The van der Waals surface area contributed by atoms with Gasteiger partial charge >= 0.3 is 0 Å². The lowest BCUT2D eigenvalue weighted by atomic mass is 9.53. The highest BCUT2D eigenvalue weighted by molar-refractivity contribution is 7.99. The first-order valence-corrected chi connectivity index (χ1v) is 11.8. The van der Waals surface area contributed by atoms with Crippen LogP contribution in [0, 0.1) is 17.3 Å². The number of fused-ring (bicyclic) bond motifs is 5. The van der Waals surface area contributed by atoms with Gasteiger partial charge in [0.15, 0.2) is 0 Å². The van der Waals surface area contributed by atoms with E-state index in [1.54, 1.807) is 23.9 Å². The van der Waals surface area contributed by atoms with Gasteiger partial charge in [-0.3, -0.25) is 0 Å². The number of thioether (sulfide) groups is 1. The molecular formula is C25H30O3S. The fourth-order valence-corrected chi connectivity index (χ4v) is 7.87. The zero-order valence-electron chi connectivity index (χ0n) is 17.0. The van der Waals surface area contributed by atoms with Crippen LogP contribution in [0.3, 0.4) is 0 Å². The molecule has 154 valence electrons. The summed E-state index contributed by atoms with van der Waals surface area (Å²) in [6.07, 6.45) is 6.39. The molecule has 3 aliphatic rings. The molecule has 0 heterocycles. The normalized spacial score (nSPS) is 35.6. The lowest BCUT2D eigenvalue weighted by Gasteiger charge is -2.53. The smallest absolute Gasteiger partial charge is 0.115 e. The highest BCUT2D eigenvalue weighted by atomic mass is 32.2. The maximum absolute atomic E-state index is 11.8. The van der Waals surface area contributed by atoms with Crippen LogP contribution in [0.2, 0.25) is 0 Å². The fraction of sp³-hybridized carbons (Fsp3) is 0.520. The third-order valence-corrected chi connectivity index (χ3v) is 9.57. The van der Waals surface area contributed by atoms with Gasteiger partial charge in [-0.2, -0.15) is 0 Å². The van der Waals surface area contributed by atoms with Crippen LogP contribution in [-0.4, -0.2) is 26.7 Å². The average Bonchev–Trinajstić information content (AvgIpc) is 2.98. The van der Waals surface area contributed by atoms with Gasteiger partial charge < -0.3 is 15.3 Å². The van der Waals surface area contributed by atoms with Crippen molar-refractivity contribution in [2.24, 2.45) is 17.3 Å². The van der Waals surface area contributed by atoms with Gasteiger partial charge in [-0.15, -0.1) is 11.8 Å². The molecule has 0 radical (unpaired) electrons. The number of aliphatic hydroxyl groups is 1. The van der Waals surface area contributed by atoms with Gasteiger partial charge in [0.25, 0.3) is 0 Å². The summed E-state index contributed by atoms with van der Waals surface area (Å²) in [5.41, 5.74) is 2.09. The highest BCUT2D eigenvalue weighted by Crippen LogP contribution is 2.65. The second kappa shape index (κ2) is 6.95. The topological polar surface area (TPSA) is 60.7 Å². The summed E-state index contributed by atoms with van der Waals surface area (Å²) in [6, 6.07) is 13.2. The van der Waals surface area contributed by atoms with E-state index in [4.69, 9.17) is 0 Å². The molecule has 2 aromatic carbocycles. The zero-order chi connectivity index (χ0) is 20.2. The van der Waals surface area contributed by atoms with E-state index in [-0.39, 0.29) is 11.2 Å². The minimum absolute atomic E-state index is 0.0352. The summed E-state index contributed by atoms with van der Waals surface area (Å²) < 4.78 is 0. The van der Waals surface area contributed by atoms with E-state index in [0.717, 1.165) is 37.0 Å². The number of phenolic OH excluding ortho intramolecular Hbond substituents is 2. The van der Waals surface area contributed by atoms with E-state index < -0.39 is 5.60 Å². The third-order valence-electron chi connectivity index (χ3n) is 8.35. The zero-order valence-corrected chi connectivity index (χ0v) is 17.8. The van der Waals surface area contributed by atoms with Crippen LogP contribution in [0.1, 0.15) is 56.1 Å². The van der Waals surface area contributed by atoms with Crippen molar-refractivity contribution in [2.75, 3.05) is 5.75 Å². The van der Waals surface area contributed by atoms with E-state index in [2.05, 4.69) is 13.0 Å². The first kappa shape index (κ1) is 19.3. The molecule has 5 atom stereocenters. The number of hydrogen-bond donors (Lipinski definition) is 3. The third kappa shape index (κ3) is 3.07. The molecule has 3 nitrogen and oxygen atoms in total. The van der Waals surface area contributed by atoms with Crippen LogP contribution in [0.4, 0.5) is 0 Å². The van der Waals surface area contributed by atoms with Gasteiger partial charge in [-0.05, 0) is 104 Å². The molecule has 29 heavy (non-hydrogen) atoms. The van der Waals surface area contributed by atoms with Crippen LogP contribution in [0.15, 0.2) is 47.4 Å². The molecule has 3 N–H and O–H groups in total. The molecule has 0 amide bonds. The summed E-state index contributed by atoms with van der Waals surface area (Å²) in [7, 11) is 0. The lowest BCUT2D eigenvalue weighted by Crippen LogP contribution is -2.52. The Labute approximate surface area is 177 Å². The van der Waals surface area contributed by atoms with Crippen LogP contribution in [0.5, 0.6) is 11.5 Å². The van der Waals surface area contributed by atoms with Crippen LogP contribution in [-0.2, 0) is 6.42 Å². The molecule has 0 aliphatic heterocycles. The van der Waals surface area contributed by atoms with Gasteiger partial charge in [-0.1, -0.05) is 13.0 Å². The van der Waals surface area contributed by atoms with Gasteiger partial charge in [0.2, 0.25) is 0 Å². The molecule has 0 spiro atoms. The minimum atomic E-state index is -0.638. The Kier molecular flexibility index (Phi) is 4.63. The Morgan fingerprint density at radius 1 is 0.966 bits per heavy atom. The van der Waals surface area contributed by atoms with Crippen LogP contribution >= 0.6 is 11.8 Å². The Hall–Kier alpha value is -1.65. The minimum Gasteiger partial charge on any atom is -0.508 e. The van der Waals surface area contributed by atoms with Gasteiger partial charge in [-0.25, -0.2) is 0 Å². The molecule has 5 rings (SSSR count). The largest absolute Gasteiger partial charge is 0.508 e. The molecule has 0 saturated heterocycles. The molecule has 2 aromatic rings. The summed E-state index contributed by atoms with van der Waals surface area (Å²) >= 11 is 1.71. The molecule has 4 heteroatoms. The van der Waals surface area contributed by atoms with Crippen LogP contribution < -0.4 is 0 Å². The van der Waals surface area contributed by atoms with E-state index in [1.807, 2.05) is 24.3 Å². The first-order valence-electron chi connectivity index (χ1n) is 10.9. The molecule has 0 bridgehead atoms. The number of rotatable bonds is 3. The van der Waals surface area contributed by atoms with Gasteiger partial charge in [0, 0.05) is 16.1 Å². The van der Waals surface area contributed by atoms with Crippen molar-refractivity contribution in [3.05, 3.63) is 53.6 Å². The number of phenols is 2. The summed E-state index contributed by atoms with van der Waals surface area (Å²) in [5, 5.41) is 31.1. The molecule has 3 aliphatic carbocycles. The van der Waals surface area contributed by atoms with E-state index in [0.29, 0.717) is 29.3 Å². The number of hydrogen-bond acceptors (Lipinski definition) is 4. The van der Waals surface area contributed by atoms with Crippen molar-refractivity contribution in [3.63, 3.8) is 0 Å². The standard InChI is InChI=1S/C25H30O3S/c1-24-12-10-21-20-9-5-18(27)14-16(20)2-8-22(21)23(24)11-13-25(24,28)15-29-19-6-3-17(26)4-7-19/h3-7,9,14,21-23,26-28H,2,8,10-13,15H2,1H3/t21-,22-,23+,24+,25-/m1/s1. The second-order valence-electron chi connectivity index (χ2n) is 9.61. The van der Waals surface area contributed by atoms with Crippen molar-refractivity contribution in [1.82, 2.24) is 0 Å². The maximum Gasteiger partial charge on any atom is 0.115 e. The predicted molar refractivity (Wildman–Crippen MR) is 117 cm³/mol. The summed E-state index contributed by atoms with van der Waals surface area (Å²) in [5.74, 6) is 3.15. The number of aryl methyl sites for hydroxylation is 1. The predicted octanol–water partition coefficient (Wildman–Crippen LogP) is 5.48. The Morgan fingerprint density at radius 3 is 2.52 bits per heavy atom. The molecule has 0 unspecified atom stereocenters. The molecule has 2 fully saturated rings. The van der Waals surface area contributed by atoms with Gasteiger partial charge in [0.05, 0.1) is 5.60 Å². The van der Waals surface area contributed by atoms with E-state index in [1.165, 1.54) is 17.5 Å². The Balaban J connectivity index is 1.37. The fourth-order valence-electron chi connectivity index (χ4n) is 6.66. The van der Waals surface area contributed by atoms with Crippen molar-refractivity contribution in [2.45, 2.75) is 61.9 Å². The van der Waals surface area contributed by atoms with Crippen molar-refractivity contribution < 1.29 is 15.3 Å². The summed E-state index contributed by atoms with van der Waals surface area (Å²) in [4.78, 5) is 1.10. The quantitative estimate of drug-likeness (QED) is 0.587. The molecular weight excluding hydrogens is 380 g/mol. The maximum atomic E-state index is 11.8. The molecule has 2 saturated carbocycles. The van der Waals surface area contributed by atoms with Crippen molar-refractivity contribution in [1.29, 1.82) is 0 Å². The Morgan fingerprint density at radius 2 is 1.72 bits per heavy atom. The Bertz CT molecular complexity index is 911.